The lowest BCUT2D eigenvalue weighted by Crippen LogP contribution is -2.42. The van der Waals surface area contributed by atoms with Gasteiger partial charge in [0, 0.05) is 18.5 Å². The average Bonchev–Trinajstić information content (AvgIpc) is 3.21. The van der Waals surface area contributed by atoms with Gasteiger partial charge < -0.3 is 19.3 Å². The Morgan fingerprint density at radius 3 is 3.00 bits per heavy atom. The molecule has 0 saturated carbocycles. The third-order valence-electron chi connectivity index (χ3n) is 6.42. The van der Waals surface area contributed by atoms with E-state index in [0.29, 0.717) is 25.3 Å². The first-order valence-electron chi connectivity index (χ1n) is 9.32. The molecule has 0 bridgehead atoms. The number of hydrogen-bond donors (Lipinski definition) is 1. The van der Waals surface area contributed by atoms with E-state index in [9.17, 15) is 9.90 Å². The van der Waals surface area contributed by atoms with Crippen LogP contribution in [0.5, 0.6) is 11.5 Å². The number of ether oxygens (including phenoxy) is 3. The first kappa shape index (κ1) is 17.0. The van der Waals surface area contributed by atoms with Crippen LogP contribution >= 0.6 is 0 Å². The van der Waals surface area contributed by atoms with Crippen LogP contribution < -0.4 is 9.47 Å². The number of aliphatic hydroxyl groups excluding tert-OH is 1. The van der Waals surface area contributed by atoms with Gasteiger partial charge in [-0.05, 0) is 18.1 Å². The third-order valence-corrected chi connectivity index (χ3v) is 6.42. The van der Waals surface area contributed by atoms with E-state index in [2.05, 4.69) is 6.08 Å². The van der Waals surface area contributed by atoms with Gasteiger partial charge >= 0.3 is 5.97 Å². The fourth-order valence-corrected chi connectivity index (χ4v) is 5.16. The summed E-state index contributed by atoms with van der Waals surface area (Å²) < 4.78 is 16.9. The zero-order valence-electron chi connectivity index (χ0n) is 15.4. The van der Waals surface area contributed by atoms with Crippen molar-refractivity contribution in [3.05, 3.63) is 35.4 Å². The molecule has 5 atom stereocenters. The van der Waals surface area contributed by atoms with Crippen LogP contribution in [0.15, 0.2) is 24.3 Å². The quantitative estimate of drug-likeness (QED) is 0.622. The Kier molecular flexibility index (Phi) is 3.76. The van der Waals surface area contributed by atoms with Gasteiger partial charge in [-0.15, -0.1) is 0 Å². The number of esters is 1. The molecule has 1 N–H and O–H groups in total. The lowest BCUT2D eigenvalue weighted by molar-refractivity contribution is -0.146. The molecule has 3 heterocycles. The van der Waals surface area contributed by atoms with Crippen LogP contribution in [0.25, 0.3) is 0 Å². The van der Waals surface area contributed by atoms with E-state index in [-0.39, 0.29) is 29.4 Å². The van der Waals surface area contributed by atoms with Crippen LogP contribution in [-0.2, 0) is 19.8 Å². The van der Waals surface area contributed by atoms with Crippen LogP contribution in [-0.4, -0.2) is 55.7 Å². The van der Waals surface area contributed by atoms with Crippen molar-refractivity contribution in [2.24, 2.45) is 5.92 Å². The Balaban J connectivity index is 1.72. The van der Waals surface area contributed by atoms with Crippen molar-refractivity contribution < 1.29 is 28.9 Å². The monoisotopic (exact) mass is 373 g/mol. The molecule has 7 heteroatoms. The van der Waals surface area contributed by atoms with Gasteiger partial charge in [0.2, 0.25) is 0 Å². The maximum atomic E-state index is 12.4. The topological polar surface area (TPSA) is 77.5 Å². The molecule has 1 aliphatic carbocycles. The first-order chi connectivity index (χ1) is 13.1. The molecule has 7 nitrogen and oxygen atoms in total. The lowest BCUT2D eigenvalue weighted by Gasteiger charge is -2.35. The molecular weight excluding hydrogens is 350 g/mol. The molecule has 27 heavy (non-hydrogen) atoms. The fraction of sp³-hybridized carbons (Fsp3) is 0.550. The van der Waals surface area contributed by atoms with E-state index < -0.39 is 6.10 Å². The molecule has 1 saturated heterocycles. The number of methoxy groups -OCH3 is 2. The number of hydrogen-bond acceptors (Lipinski definition) is 7. The minimum Gasteiger partial charge on any atom is -0.493 e. The maximum Gasteiger partial charge on any atom is 0.313 e. The summed E-state index contributed by atoms with van der Waals surface area (Å²) >= 11 is 0. The summed E-state index contributed by atoms with van der Waals surface area (Å²) in [7, 11) is 3.03. The standard InChI is InChI=1S/C20H23NO6/c1-24-14-4-3-12-16-18(14)27-15-9-11(22)5-6-20(15,16)7-8-21-17(12)13(10-26-21)19(23)25-2/h3-6,11,13,15,17,22H,7-10H2,1-2H3/t11-,13?,15-,17+,20-/m0/s1. The van der Waals surface area contributed by atoms with Gasteiger partial charge in [-0.1, -0.05) is 18.2 Å². The number of nitrogens with zero attached hydrogens (tertiary/aromatic N) is 1. The summed E-state index contributed by atoms with van der Waals surface area (Å²) in [6, 6.07) is 3.67. The highest BCUT2D eigenvalue weighted by atomic mass is 16.7. The summed E-state index contributed by atoms with van der Waals surface area (Å²) in [6.45, 7) is 0.971. The average molecular weight is 373 g/mol. The maximum absolute atomic E-state index is 12.4. The normalized spacial score (nSPS) is 36.3. The van der Waals surface area contributed by atoms with Gasteiger partial charge in [-0.2, -0.15) is 5.06 Å². The van der Waals surface area contributed by atoms with Crippen LogP contribution in [0.4, 0.5) is 0 Å². The van der Waals surface area contributed by atoms with Gasteiger partial charge in [0.1, 0.15) is 12.0 Å². The Bertz CT molecular complexity index is 823. The van der Waals surface area contributed by atoms with Gasteiger partial charge in [0.15, 0.2) is 11.5 Å². The Morgan fingerprint density at radius 2 is 2.22 bits per heavy atom. The van der Waals surface area contributed by atoms with Crippen molar-refractivity contribution in [3.8, 4) is 11.5 Å². The molecule has 0 radical (unpaired) electrons. The van der Waals surface area contributed by atoms with Crippen molar-refractivity contribution >= 4 is 5.97 Å². The van der Waals surface area contributed by atoms with Gasteiger partial charge in [-0.3, -0.25) is 9.63 Å². The molecule has 5 rings (SSSR count). The second kappa shape index (κ2) is 5.95. The van der Waals surface area contributed by atoms with Gasteiger partial charge in [0.25, 0.3) is 0 Å². The minimum atomic E-state index is -0.522. The molecule has 4 aliphatic rings. The van der Waals surface area contributed by atoms with Crippen molar-refractivity contribution in [3.63, 3.8) is 0 Å². The second-order valence-electron chi connectivity index (χ2n) is 7.63. The number of fused-ring (bicyclic) bond motifs is 2. The van der Waals surface area contributed by atoms with Crippen LogP contribution in [0.3, 0.4) is 0 Å². The van der Waals surface area contributed by atoms with Crippen molar-refractivity contribution in [2.45, 2.75) is 36.5 Å². The summed E-state index contributed by atoms with van der Waals surface area (Å²) in [4.78, 5) is 18.3. The number of carbonyl (C=O) groups excluding carboxylic acids is 1. The Morgan fingerprint density at radius 1 is 1.37 bits per heavy atom. The lowest BCUT2D eigenvalue weighted by atomic mass is 9.68. The minimum absolute atomic E-state index is 0.167. The summed E-state index contributed by atoms with van der Waals surface area (Å²) in [5.41, 5.74) is 1.72. The van der Waals surface area contributed by atoms with E-state index in [4.69, 9.17) is 19.0 Å². The molecule has 0 amide bonds. The Labute approximate surface area is 157 Å². The van der Waals surface area contributed by atoms with Crippen LogP contribution in [0.1, 0.15) is 30.0 Å². The molecule has 1 aromatic carbocycles. The Hall–Kier alpha value is -2.09. The smallest absolute Gasteiger partial charge is 0.313 e. The van der Waals surface area contributed by atoms with Gasteiger partial charge in [-0.25, -0.2) is 0 Å². The molecule has 144 valence electrons. The predicted molar refractivity (Wildman–Crippen MR) is 94.4 cm³/mol. The molecule has 0 aromatic heterocycles. The van der Waals surface area contributed by atoms with E-state index in [1.165, 1.54) is 7.11 Å². The zero-order chi connectivity index (χ0) is 18.8. The number of aliphatic hydroxyl groups is 1. The highest BCUT2D eigenvalue weighted by Gasteiger charge is 2.57. The van der Waals surface area contributed by atoms with Gasteiger partial charge in [0.05, 0.1) is 38.4 Å². The predicted octanol–water partition coefficient (Wildman–Crippen LogP) is 1.50. The van der Waals surface area contributed by atoms with Crippen molar-refractivity contribution in [1.82, 2.24) is 5.06 Å². The van der Waals surface area contributed by atoms with Crippen molar-refractivity contribution in [1.29, 1.82) is 0 Å². The zero-order valence-corrected chi connectivity index (χ0v) is 15.4. The highest BCUT2D eigenvalue weighted by molar-refractivity contribution is 5.75. The molecular formula is C20H23NO6. The molecule has 3 aliphatic heterocycles. The van der Waals surface area contributed by atoms with E-state index >= 15 is 0 Å². The number of hydroxylamine groups is 2. The number of rotatable bonds is 2. The largest absolute Gasteiger partial charge is 0.493 e. The molecule has 1 aromatic rings. The highest BCUT2D eigenvalue weighted by Crippen LogP contribution is 2.58. The second-order valence-corrected chi connectivity index (χ2v) is 7.63. The number of benzene rings is 1. The SMILES string of the molecule is COC(=O)C1CON2CC[C@@]34C=C[C@H](O)C[C@@H]3Oc3c(OC)ccc(c34)[C@H]12. The van der Waals surface area contributed by atoms with Crippen LogP contribution in [0, 0.1) is 5.92 Å². The first-order valence-corrected chi connectivity index (χ1v) is 9.32. The number of carbonyl (C=O) groups is 1. The summed E-state index contributed by atoms with van der Waals surface area (Å²) in [6.07, 6.45) is 4.55. The van der Waals surface area contributed by atoms with E-state index in [0.717, 1.165) is 23.3 Å². The molecule has 1 spiro atoms. The van der Waals surface area contributed by atoms with E-state index in [1.807, 2.05) is 23.3 Å². The summed E-state index contributed by atoms with van der Waals surface area (Å²) in [5, 5.41) is 12.1. The van der Waals surface area contributed by atoms with Crippen molar-refractivity contribution in [2.75, 3.05) is 27.4 Å². The molecule has 1 unspecified atom stereocenters. The summed E-state index contributed by atoms with van der Waals surface area (Å²) in [5.74, 6) is 0.733. The fourth-order valence-electron chi connectivity index (χ4n) is 5.16. The van der Waals surface area contributed by atoms with E-state index in [1.54, 1.807) is 7.11 Å². The van der Waals surface area contributed by atoms with Crippen LogP contribution in [0.2, 0.25) is 0 Å². The molecule has 1 fully saturated rings. The third kappa shape index (κ3) is 2.22.